The second-order valence-corrected chi connectivity index (χ2v) is 3.40. The van der Waals surface area contributed by atoms with Crippen molar-refractivity contribution in [1.29, 1.82) is 0 Å². The molecule has 5 nitrogen and oxygen atoms in total. The average Bonchev–Trinajstić information content (AvgIpc) is 2.30. The van der Waals surface area contributed by atoms with Gasteiger partial charge in [-0.15, -0.1) is 0 Å². The van der Waals surface area contributed by atoms with Crippen LogP contribution in [0.4, 0.5) is 0 Å². The summed E-state index contributed by atoms with van der Waals surface area (Å²) in [6.45, 7) is 3.01. The Hall–Kier alpha value is -1.10. The van der Waals surface area contributed by atoms with Crippen LogP contribution < -0.4 is 5.32 Å². The Kier molecular flexibility index (Phi) is 3.88. The van der Waals surface area contributed by atoms with Crippen molar-refractivity contribution >= 4 is 11.9 Å². The second-order valence-electron chi connectivity index (χ2n) is 3.40. The number of carbonyl (C=O) groups is 2. The predicted octanol–water partition coefficient (Wildman–Crippen LogP) is -0.630. The first kappa shape index (κ1) is 11.0. The molecule has 1 saturated heterocycles. The van der Waals surface area contributed by atoms with Gasteiger partial charge in [-0.2, -0.15) is 0 Å². The van der Waals surface area contributed by atoms with Crippen molar-refractivity contribution in [3.8, 4) is 0 Å². The lowest BCUT2D eigenvalue weighted by atomic mass is 10.2. The van der Waals surface area contributed by atoms with E-state index < -0.39 is 0 Å². The van der Waals surface area contributed by atoms with E-state index in [4.69, 9.17) is 4.74 Å². The van der Waals surface area contributed by atoms with Crippen molar-refractivity contribution in [3.63, 3.8) is 0 Å². The quantitative estimate of drug-likeness (QED) is 0.616. The summed E-state index contributed by atoms with van der Waals surface area (Å²) in [5.74, 6) is -0.406. The summed E-state index contributed by atoms with van der Waals surface area (Å²) in [5.41, 5.74) is 0. The molecule has 0 bridgehead atoms. The molecule has 1 aliphatic heterocycles. The molecule has 1 rings (SSSR count). The van der Waals surface area contributed by atoms with E-state index in [0.717, 1.165) is 6.54 Å². The minimum absolute atomic E-state index is 0.0991. The van der Waals surface area contributed by atoms with Gasteiger partial charge < -0.3 is 15.0 Å². The van der Waals surface area contributed by atoms with Crippen LogP contribution in [0.1, 0.15) is 13.3 Å². The van der Waals surface area contributed by atoms with Gasteiger partial charge in [-0.05, 0) is 14.0 Å². The molecule has 1 aliphatic rings. The van der Waals surface area contributed by atoms with Gasteiger partial charge >= 0.3 is 5.97 Å². The maximum absolute atomic E-state index is 11.5. The molecule has 0 aliphatic carbocycles. The lowest BCUT2D eigenvalue weighted by Gasteiger charge is -2.26. The summed E-state index contributed by atoms with van der Waals surface area (Å²) in [6, 6.07) is 0.0991. The lowest BCUT2D eigenvalue weighted by Crippen LogP contribution is -2.44. The minimum atomic E-state index is -0.294. The molecule has 0 aromatic carbocycles. The molecule has 1 N–H and O–H groups in total. The Labute approximate surface area is 83.4 Å². The molecule has 14 heavy (non-hydrogen) atoms. The van der Waals surface area contributed by atoms with E-state index in [2.05, 4.69) is 5.32 Å². The van der Waals surface area contributed by atoms with Crippen LogP contribution in [-0.2, 0) is 14.3 Å². The van der Waals surface area contributed by atoms with Gasteiger partial charge in [0.1, 0.15) is 0 Å². The first-order valence-corrected chi connectivity index (χ1v) is 4.75. The topological polar surface area (TPSA) is 58.6 Å². The van der Waals surface area contributed by atoms with Gasteiger partial charge in [0.15, 0.2) is 6.61 Å². The Morgan fingerprint density at radius 3 is 2.93 bits per heavy atom. The summed E-state index contributed by atoms with van der Waals surface area (Å²) in [4.78, 5) is 24.1. The van der Waals surface area contributed by atoms with Crippen LogP contribution in [0.15, 0.2) is 0 Å². The van der Waals surface area contributed by atoms with Crippen molar-refractivity contribution in [2.75, 3.05) is 26.7 Å². The third-order valence-electron chi connectivity index (χ3n) is 2.27. The van der Waals surface area contributed by atoms with Gasteiger partial charge in [-0.3, -0.25) is 9.59 Å². The largest absolute Gasteiger partial charge is 0.456 e. The van der Waals surface area contributed by atoms with Crippen molar-refractivity contribution < 1.29 is 14.3 Å². The van der Waals surface area contributed by atoms with Crippen molar-refractivity contribution in [2.45, 2.75) is 19.4 Å². The number of rotatable bonds is 3. The van der Waals surface area contributed by atoms with Crippen LogP contribution in [0.5, 0.6) is 0 Å². The van der Waals surface area contributed by atoms with Gasteiger partial charge in [-0.1, -0.05) is 0 Å². The Morgan fingerprint density at radius 2 is 2.29 bits per heavy atom. The standard InChI is InChI=1S/C9H16N2O3/c1-7(5-10-2)11-4-3-9(13)14-6-8(11)12/h7,10H,3-6H2,1-2H3. The van der Waals surface area contributed by atoms with E-state index in [-0.39, 0.29) is 24.5 Å². The molecule has 0 aromatic heterocycles. The molecule has 80 valence electrons. The van der Waals surface area contributed by atoms with Crippen LogP contribution in [-0.4, -0.2) is 49.6 Å². The maximum Gasteiger partial charge on any atom is 0.308 e. The van der Waals surface area contributed by atoms with Crippen molar-refractivity contribution in [2.24, 2.45) is 0 Å². The highest BCUT2D eigenvalue weighted by atomic mass is 16.5. The van der Waals surface area contributed by atoms with Crippen LogP contribution in [0, 0.1) is 0 Å². The molecule has 1 heterocycles. The molecule has 1 atom stereocenters. The van der Waals surface area contributed by atoms with Gasteiger partial charge in [-0.25, -0.2) is 0 Å². The summed E-state index contributed by atoms with van der Waals surface area (Å²) < 4.78 is 4.72. The Bertz CT molecular complexity index is 230. The van der Waals surface area contributed by atoms with Gasteiger partial charge in [0.25, 0.3) is 5.91 Å². The van der Waals surface area contributed by atoms with E-state index in [9.17, 15) is 9.59 Å². The number of amides is 1. The molecule has 0 spiro atoms. The van der Waals surface area contributed by atoms with Crippen LogP contribution in [0.25, 0.3) is 0 Å². The maximum atomic E-state index is 11.5. The average molecular weight is 200 g/mol. The first-order valence-electron chi connectivity index (χ1n) is 4.75. The number of esters is 1. The predicted molar refractivity (Wildman–Crippen MR) is 50.7 cm³/mol. The summed E-state index contributed by atoms with van der Waals surface area (Å²) >= 11 is 0. The number of hydrogen-bond acceptors (Lipinski definition) is 4. The SMILES string of the molecule is CNCC(C)N1CCC(=O)OCC1=O. The van der Waals surface area contributed by atoms with E-state index in [1.54, 1.807) is 4.90 Å². The third kappa shape index (κ3) is 2.70. The summed E-state index contributed by atoms with van der Waals surface area (Å²) in [6.07, 6.45) is 0.291. The molecular formula is C9H16N2O3. The fraction of sp³-hybridized carbons (Fsp3) is 0.778. The number of likely N-dealkylation sites (N-methyl/N-ethyl adjacent to an activating group) is 1. The number of nitrogens with zero attached hydrogens (tertiary/aromatic N) is 1. The van der Waals surface area contributed by atoms with Gasteiger partial charge in [0.05, 0.1) is 6.42 Å². The molecule has 0 aromatic rings. The lowest BCUT2D eigenvalue weighted by molar-refractivity contribution is -0.147. The number of ether oxygens (including phenoxy) is 1. The third-order valence-corrected chi connectivity index (χ3v) is 2.27. The highest BCUT2D eigenvalue weighted by Gasteiger charge is 2.24. The fourth-order valence-corrected chi connectivity index (χ4v) is 1.51. The van der Waals surface area contributed by atoms with Gasteiger partial charge in [0.2, 0.25) is 0 Å². The van der Waals surface area contributed by atoms with Crippen molar-refractivity contribution in [1.82, 2.24) is 10.2 Å². The summed E-state index contributed by atoms with van der Waals surface area (Å²) in [7, 11) is 1.83. The van der Waals surface area contributed by atoms with Crippen molar-refractivity contribution in [3.05, 3.63) is 0 Å². The zero-order chi connectivity index (χ0) is 10.6. The molecule has 1 unspecified atom stereocenters. The van der Waals surface area contributed by atoms with Crippen LogP contribution >= 0.6 is 0 Å². The summed E-state index contributed by atoms with van der Waals surface area (Å²) in [5, 5.41) is 3.00. The smallest absolute Gasteiger partial charge is 0.308 e. The first-order chi connectivity index (χ1) is 6.65. The zero-order valence-electron chi connectivity index (χ0n) is 8.58. The van der Waals surface area contributed by atoms with Crippen LogP contribution in [0.2, 0.25) is 0 Å². The van der Waals surface area contributed by atoms with E-state index in [0.29, 0.717) is 13.0 Å². The van der Waals surface area contributed by atoms with Crippen LogP contribution in [0.3, 0.4) is 0 Å². The second kappa shape index (κ2) is 4.95. The Morgan fingerprint density at radius 1 is 1.57 bits per heavy atom. The Balaban J connectivity index is 2.57. The highest BCUT2D eigenvalue weighted by molar-refractivity contribution is 5.83. The number of hydrogen-bond donors (Lipinski definition) is 1. The minimum Gasteiger partial charge on any atom is -0.456 e. The van der Waals surface area contributed by atoms with Gasteiger partial charge in [0, 0.05) is 19.1 Å². The molecule has 1 amide bonds. The van der Waals surface area contributed by atoms with E-state index in [1.807, 2.05) is 14.0 Å². The zero-order valence-corrected chi connectivity index (χ0v) is 8.58. The fourth-order valence-electron chi connectivity index (χ4n) is 1.51. The number of carbonyl (C=O) groups excluding carboxylic acids is 2. The van der Waals surface area contributed by atoms with E-state index in [1.165, 1.54) is 0 Å². The molecule has 0 saturated carbocycles. The normalized spacial score (nSPS) is 20.3. The molecule has 5 heteroatoms. The number of cyclic esters (lactones) is 1. The highest BCUT2D eigenvalue weighted by Crippen LogP contribution is 2.06. The number of nitrogens with one attached hydrogen (secondary N) is 1. The molecule has 0 radical (unpaired) electrons. The monoisotopic (exact) mass is 200 g/mol. The molecule has 1 fully saturated rings. The van der Waals surface area contributed by atoms with E-state index >= 15 is 0 Å². The molecular weight excluding hydrogens is 184 g/mol.